The highest BCUT2D eigenvalue weighted by Gasteiger charge is 2.42. The average Bonchev–Trinajstić information content (AvgIpc) is 3.45. The van der Waals surface area contributed by atoms with Gasteiger partial charge in [0, 0.05) is 35.1 Å². The van der Waals surface area contributed by atoms with Crippen molar-refractivity contribution in [2.75, 3.05) is 15.9 Å². The predicted octanol–water partition coefficient (Wildman–Crippen LogP) is 5.21. The molecule has 1 fully saturated rings. The first-order valence-electron chi connectivity index (χ1n) is 10.9. The van der Waals surface area contributed by atoms with Crippen LogP contribution in [0, 0.1) is 5.82 Å². The van der Waals surface area contributed by atoms with Crippen LogP contribution < -0.4 is 14.9 Å². The Hall–Kier alpha value is -3.47. The molecule has 2 aromatic carbocycles. The van der Waals surface area contributed by atoms with Crippen LogP contribution in [0.5, 0.6) is 0 Å². The second-order valence-corrected chi connectivity index (χ2v) is 10.9. The maximum absolute atomic E-state index is 13.9. The second-order valence-electron chi connectivity index (χ2n) is 8.32. The van der Waals surface area contributed by atoms with Crippen LogP contribution in [0.1, 0.15) is 23.5 Å². The fourth-order valence-electron chi connectivity index (χ4n) is 4.34. The highest BCUT2D eigenvalue weighted by Crippen LogP contribution is 2.42. The number of halogens is 2. The number of thiocarbonyl (C=S) groups is 1. The van der Waals surface area contributed by atoms with E-state index in [-0.39, 0.29) is 17.1 Å². The van der Waals surface area contributed by atoms with Crippen molar-refractivity contribution in [3.8, 4) is 5.69 Å². The molecule has 36 heavy (non-hydrogen) atoms. The normalized spacial score (nSPS) is 17.8. The van der Waals surface area contributed by atoms with Crippen molar-refractivity contribution in [2.24, 2.45) is 0 Å². The third kappa shape index (κ3) is 4.79. The predicted molar refractivity (Wildman–Crippen MR) is 144 cm³/mol. The number of benzene rings is 2. The molecule has 3 heterocycles. The summed E-state index contributed by atoms with van der Waals surface area (Å²) < 4.78 is 41.5. The molecule has 7 nitrogen and oxygen atoms in total. The molecular weight excluding hydrogens is 521 g/mol. The molecule has 2 aromatic heterocycles. The van der Waals surface area contributed by atoms with Crippen molar-refractivity contribution in [2.45, 2.75) is 12.1 Å². The first-order chi connectivity index (χ1) is 17.2. The van der Waals surface area contributed by atoms with Crippen LogP contribution in [-0.2, 0) is 10.0 Å². The van der Waals surface area contributed by atoms with Crippen LogP contribution in [0.25, 0.3) is 5.69 Å². The van der Waals surface area contributed by atoms with Gasteiger partial charge in [-0.2, -0.15) is 0 Å². The Balaban J connectivity index is 1.61. The van der Waals surface area contributed by atoms with Crippen molar-refractivity contribution < 1.29 is 12.8 Å². The minimum absolute atomic E-state index is 0.0271. The van der Waals surface area contributed by atoms with E-state index in [1.165, 1.54) is 6.07 Å². The molecule has 0 aliphatic carbocycles. The van der Waals surface area contributed by atoms with Crippen LogP contribution in [0.15, 0.2) is 85.2 Å². The third-order valence-corrected chi connectivity index (χ3v) is 7.02. The standard InChI is InChI=1S/C25H21ClFN5O2S2/c1-36(33,34)30-16-7-9-17(10-8-16)32-24(23(29-25(32)35)21-5-2-3-13-28-21)22-6-4-14-31(22)18-11-12-20(27)19(26)15-18/h2-15,23-24,30H,1H3,(H,29,35)/t23-,24+/m0/s1. The van der Waals surface area contributed by atoms with Gasteiger partial charge in [0.2, 0.25) is 10.0 Å². The Morgan fingerprint density at radius 3 is 2.47 bits per heavy atom. The van der Waals surface area contributed by atoms with Gasteiger partial charge in [-0.15, -0.1) is 0 Å². The number of nitrogens with one attached hydrogen (secondary N) is 2. The van der Waals surface area contributed by atoms with Crippen molar-refractivity contribution in [1.82, 2.24) is 14.9 Å². The van der Waals surface area contributed by atoms with Crippen LogP contribution in [-0.4, -0.2) is 29.3 Å². The van der Waals surface area contributed by atoms with Gasteiger partial charge >= 0.3 is 0 Å². The summed E-state index contributed by atoms with van der Waals surface area (Å²) in [4.78, 5) is 6.53. The highest BCUT2D eigenvalue weighted by atomic mass is 35.5. The number of pyridine rings is 1. The summed E-state index contributed by atoms with van der Waals surface area (Å²) in [5, 5.41) is 3.91. The largest absolute Gasteiger partial charge is 0.351 e. The summed E-state index contributed by atoms with van der Waals surface area (Å²) in [6.45, 7) is 0. The molecule has 0 radical (unpaired) electrons. The zero-order valence-electron chi connectivity index (χ0n) is 19.0. The van der Waals surface area contributed by atoms with Gasteiger partial charge in [-0.05, 0) is 78.9 Å². The van der Waals surface area contributed by atoms with Gasteiger partial charge in [0.05, 0.1) is 23.0 Å². The SMILES string of the molecule is CS(=O)(=O)Nc1ccc(N2C(=S)N[C@@H](c3ccccn3)[C@H]2c2cccn2-c2ccc(F)c(Cl)c2)cc1. The smallest absolute Gasteiger partial charge is 0.229 e. The van der Waals surface area contributed by atoms with Crippen LogP contribution >= 0.6 is 23.8 Å². The minimum Gasteiger partial charge on any atom is -0.351 e. The van der Waals surface area contributed by atoms with E-state index in [1.807, 2.05) is 46.0 Å². The number of sulfonamides is 1. The summed E-state index contributed by atoms with van der Waals surface area (Å²) in [6, 6.07) is 20.5. The molecule has 5 rings (SSSR count). The molecule has 2 N–H and O–H groups in total. The molecule has 184 valence electrons. The molecule has 0 amide bonds. The second kappa shape index (κ2) is 9.53. The quantitative estimate of drug-likeness (QED) is 0.326. The number of hydrogen-bond donors (Lipinski definition) is 2. The zero-order valence-corrected chi connectivity index (χ0v) is 21.4. The molecule has 0 unspecified atom stereocenters. The zero-order chi connectivity index (χ0) is 25.4. The van der Waals surface area contributed by atoms with Gasteiger partial charge < -0.3 is 14.8 Å². The Labute approximate surface area is 218 Å². The maximum Gasteiger partial charge on any atom is 0.229 e. The number of aromatic nitrogens is 2. The minimum atomic E-state index is -3.40. The molecule has 1 aliphatic heterocycles. The molecule has 0 bridgehead atoms. The highest BCUT2D eigenvalue weighted by molar-refractivity contribution is 7.92. The third-order valence-electron chi connectivity index (χ3n) is 5.81. The number of nitrogens with zero attached hydrogens (tertiary/aromatic N) is 3. The summed E-state index contributed by atoms with van der Waals surface area (Å²) in [7, 11) is -3.40. The fourth-order valence-corrected chi connectivity index (χ4v) is 5.43. The molecule has 2 atom stereocenters. The lowest BCUT2D eigenvalue weighted by Gasteiger charge is -2.29. The van der Waals surface area contributed by atoms with E-state index in [1.54, 1.807) is 42.6 Å². The summed E-state index contributed by atoms with van der Waals surface area (Å²) >= 11 is 11.8. The molecule has 1 aliphatic rings. The van der Waals surface area contributed by atoms with Crippen molar-refractivity contribution in [3.63, 3.8) is 0 Å². The molecule has 11 heteroatoms. The molecule has 0 spiro atoms. The van der Waals surface area contributed by atoms with E-state index in [4.69, 9.17) is 23.8 Å². The summed E-state index contributed by atoms with van der Waals surface area (Å²) in [5.41, 5.74) is 3.58. The van der Waals surface area contributed by atoms with Crippen LogP contribution in [0.2, 0.25) is 5.02 Å². The average molecular weight is 542 g/mol. The molecule has 4 aromatic rings. The van der Waals surface area contributed by atoms with Crippen LogP contribution in [0.3, 0.4) is 0 Å². The topological polar surface area (TPSA) is 79.3 Å². The summed E-state index contributed by atoms with van der Waals surface area (Å²) in [6.07, 6.45) is 4.71. The molecule has 1 saturated heterocycles. The Kier molecular flexibility index (Phi) is 6.42. The van der Waals surface area contributed by atoms with E-state index < -0.39 is 15.8 Å². The van der Waals surface area contributed by atoms with Crippen molar-refractivity contribution in [3.05, 3.63) is 107 Å². The number of hydrogen-bond acceptors (Lipinski definition) is 4. The molecule has 0 saturated carbocycles. The van der Waals surface area contributed by atoms with E-state index in [2.05, 4.69) is 15.0 Å². The number of anilines is 2. The summed E-state index contributed by atoms with van der Waals surface area (Å²) in [5.74, 6) is -0.492. The van der Waals surface area contributed by atoms with Gasteiger partial charge in [-0.1, -0.05) is 17.7 Å². The van der Waals surface area contributed by atoms with E-state index in [9.17, 15) is 12.8 Å². The Morgan fingerprint density at radius 1 is 1.06 bits per heavy atom. The monoisotopic (exact) mass is 541 g/mol. The fraction of sp³-hybridized carbons (Fsp3) is 0.120. The number of rotatable bonds is 6. The lowest BCUT2D eigenvalue weighted by Crippen LogP contribution is -2.30. The first-order valence-corrected chi connectivity index (χ1v) is 13.6. The van der Waals surface area contributed by atoms with E-state index in [0.717, 1.165) is 23.3 Å². The Morgan fingerprint density at radius 2 is 1.81 bits per heavy atom. The Bertz CT molecular complexity index is 1530. The maximum atomic E-state index is 13.9. The van der Waals surface area contributed by atoms with Gasteiger partial charge in [0.25, 0.3) is 0 Å². The van der Waals surface area contributed by atoms with Crippen LogP contribution in [0.4, 0.5) is 15.8 Å². The van der Waals surface area contributed by atoms with Gasteiger partial charge in [-0.3, -0.25) is 9.71 Å². The lowest BCUT2D eigenvalue weighted by atomic mass is 10.0. The van der Waals surface area contributed by atoms with Gasteiger partial charge in [0.1, 0.15) is 11.9 Å². The van der Waals surface area contributed by atoms with E-state index in [0.29, 0.717) is 16.5 Å². The first kappa shape index (κ1) is 24.2. The van der Waals surface area contributed by atoms with Crippen molar-refractivity contribution >= 4 is 50.3 Å². The van der Waals surface area contributed by atoms with Crippen molar-refractivity contribution in [1.29, 1.82) is 0 Å². The van der Waals surface area contributed by atoms with Gasteiger partial charge in [-0.25, -0.2) is 12.8 Å². The van der Waals surface area contributed by atoms with Gasteiger partial charge in [0.15, 0.2) is 5.11 Å². The molecular formula is C25H21ClFN5O2S2. The van der Waals surface area contributed by atoms with E-state index >= 15 is 0 Å². The lowest BCUT2D eigenvalue weighted by molar-refractivity contribution is 0.549.